The van der Waals surface area contributed by atoms with Crippen molar-refractivity contribution in [3.63, 3.8) is 0 Å². The summed E-state index contributed by atoms with van der Waals surface area (Å²) < 4.78 is 15.9. The molecule has 3 aromatic rings. The number of hydrogen-bond donors (Lipinski definition) is 2. The Kier molecular flexibility index (Phi) is 5.83. The summed E-state index contributed by atoms with van der Waals surface area (Å²) in [5.41, 5.74) is 1.30. The minimum absolute atomic E-state index is 0.112. The van der Waals surface area contributed by atoms with Gasteiger partial charge in [0.2, 0.25) is 5.91 Å². The highest BCUT2D eigenvalue weighted by atomic mass is 32.1. The predicted molar refractivity (Wildman–Crippen MR) is 112 cm³/mol. The third-order valence-electron chi connectivity index (χ3n) is 4.29. The van der Waals surface area contributed by atoms with E-state index in [0.29, 0.717) is 21.1 Å². The summed E-state index contributed by atoms with van der Waals surface area (Å²) >= 11 is 1.22. The van der Waals surface area contributed by atoms with Crippen molar-refractivity contribution in [2.45, 2.75) is 34.2 Å². The van der Waals surface area contributed by atoms with E-state index >= 15 is 0 Å². The van der Waals surface area contributed by atoms with Crippen LogP contribution in [0.25, 0.3) is 5.69 Å². The smallest absolute Gasteiger partial charge is 0.261 e. The number of anilines is 1. The highest BCUT2D eigenvalue weighted by molar-refractivity contribution is 7.18. The van der Waals surface area contributed by atoms with Gasteiger partial charge in [0, 0.05) is 24.4 Å². The van der Waals surface area contributed by atoms with Crippen molar-refractivity contribution in [1.82, 2.24) is 14.9 Å². The maximum Gasteiger partial charge on any atom is 0.261 e. The zero-order valence-corrected chi connectivity index (χ0v) is 17.6. The molecule has 0 unspecified atom stereocenters. The summed E-state index contributed by atoms with van der Waals surface area (Å²) in [5, 5.41) is 6.28. The molecular weight excluding hydrogens is 391 g/mol. The van der Waals surface area contributed by atoms with E-state index < -0.39 is 11.2 Å². The quantitative estimate of drug-likeness (QED) is 0.654. The van der Waals surface area contributed by atoms with Crippen molar-refractivity contribution < 1.29 is 14.0 Å². The minimum atomic E-state index is -0.521. The first kappa shape index (κ1) is 20.7. The standard InChI is InChI=1S/C21H23FN4O2S/c1-13-9-17(25-20(28)21(2,3)4)29-18(13)19(27)24-11-14-5-6-16(15(22)10-14)26-8-7-23-12-26/h5-10,12H,11H2,1-4H3,(H,24,27)(H,25,28). The zero-order valence-electron chi connectivity index (χ0n) is 16.7. The molecule has 2 aromatic heterocycles. The third kappa shape index (κ3) is 4.89. The van der Waals surface area contributed by atoms with E-state index in [4.69, 9.17) is 0 Å². The fourth-order valence-electron chi connectivity index (χ4n) is 2.60. The number of halogens is 1. The Morgan fingerprint density at radius 1 is 1.24 bits per heavy atom. The number of nitrogens with zero attached hydrogens (tertiary/aromatic N) is 2. The number of amides is 2. The number of nitrogens with one attached hydrogen (secondary N) is 2. The van der Waals surface area contributed by atoms with E-state index in [1.165, 1.54) is 23.7 Å². The molecule has 0 bridgehead atoms. The van der Waals surface area contributed by atoms with Crippen molar-refractivity contribution in [3.05, 3.63) is 64.8 Å². The molecule has 8 heteroatoms. The van der Waals surface area contributed by atoms with Crippen LogP contribution in [0.4, 0.5) is 9.39 Å². The number of thiophene rings is 1. The number of aryl methyl sites for hydroxylation is 1. The topological polar surface area (TPSA) is 76.0 Å². The van der Waals surface area contributed by atoms with Crippen LogP contribution in [0.1, 0.15) is 41.6 Å². The maximum atomic E-state index is 14.3. The van der Waals surface area contributed by atoms with Crippen LogP contribution in [-0.4, -0.2) is 21.4 Å². The van der Waals surface area contributed by atoms with Gasteiger partial charge in [-0.2, -0.15) is 0 Å². The van der Waals surface area contributed by atoms with Gasteiger partial charge in [0.05, 0.1) is 21.9 Å². The van der Waals surface area contributed by atoms with E-state index in [0.717, 1.165) is 5.56 Å². The Balaban J connectivity index is 1.65. The highest BCUT2D eigenvalue weighted by Crippen LogP contribution is 2.28. The van der Waals surface area contributed by atoms with Crippen molar-refractivity contribution in [2.24, 2.45) is 5.41 Å². The molecule has 0 radical (unpaired) electrons. The molecule has 2 amide bonds. The third-order valence-corrected chi connectivity index (χ3v) is 5.44. The predicted octanol–water partition coefficient (Wildman–Crippen LogP) is 4.30. The summed E-state index contributed by atoms with van der Waals surface area (Å²) in [5.74, 6) is -0.767. The average Bonchev–Trinajstić information content (AvgIpc) is 3.29. The molecule has 0 atom stereocenters. The lowest BCUT2D eigenvalue weighted by Gasteiger charge is -2.16. The van der Waals surface area contributed by atoms with Crippen molar-refractivity contribution in [3.8, 4) is 5.69 Å². The second-order valence-corrected chi connectivity index (χ2v) is 8.82. The van der Waals surface area contributed by atoms with Gasteiger partial charge in [-0.3, -0.25) is 9.59 Å². The van der Waals surface area contributed by atoms with Gasteiger partial charge in [0.25, 0.3) is 5.91 Å². The number of aromatic nitrogens is 2. The summed E-state index contributed by atoms with van der Waals surface area (Å²) in [6.07, 6.45) is 4.76. The van der Waals surface area contributed by atoms with Crippen LogP contribution in [0.3, 0.4) is 0 Å². The summed E-state index contributed by atoms with van der Waals surface area (Å²) in [4.78, 5) is 29.1. The first-order valence-corrected chi connectivity index (χ1v) is 9.93. The average molecular weight is 415 g/mol. The lowest BCUT2D eigenvalue weighted by molar-refractivity contribution is -0.123. The number of carbonyl (C=O) groups is 2. The fraction of sp³-hybridized carbons (Fsp3) is 0.286. The molecule has 0 fully saturated rings. The van der Waals surface area contributed by atoms with Gasteiger partial charge in [0.15, 0.2) is 0 Å². The number of rotatable bonds is 5. The van der Waals surface area contributed by atoms with Crippen molar-refractivity contribution in [1.29, 1.82) is 0 Å². The van der Waals surface area contributed by atoms with E-state index in [1.807, 2.05) is 27.7 Å². The largest absolute Gasteiger partial charge is 0.347 e. The van der Waals surface area contributed by atoms with Crippen LogP contribution >= 0.6 is 11.3 Å². The summed E-state index contributed by atoms with van der Waals surface area (Å²) in [7, 11) is 0. The van der Waals surface area contributed by atoms with Crippen LogP contribution in [0.2, 0.25) is 0 Å². The summed E-state index contributed by atoms with van der Waals surface area (Å²) in [6.45, 7) is 7.49. The van der Waals surface area contributed by atoms with E-state index in [-0.39, 0.29) is 18.4 Å². The van der Waals surface area contributed by atoms with Gasteiger partial charge in [-0.15, -0.1) is 11.3 Å². The number of benzene rings is 1. The highest BCUT2D eigenvalue weighted by Gasteiger charge is 2.23. The van der Waals surface area contributed by atoms with Crippen LogP contribution < -0.4 is 10.6 Å². The molecule has 29 heavy (non-hydrogen) atoms. The molecule has 0 spiro atoms. The van der Waals surface area contributed by atoms with Gasteiger partial charge in [-0.25, -0.2) is 9.37 Å². The van der Waals surface area contributed by atoms with Gasteiger partial charge in [0.1, 0.15) is 5.82 Å². The van der Waals surface area contributed by atoms with E-state index in [1.54, 1.807) is 35.2 Å². The molecule has 3 rings (SSSR count). The lowest BCUT2D eigenvalue weighted by atomic mass is 9.96. The van der Waals surface area contributed by atoms with Crippen LogP contribution in [0.15, 0.2) is 43.0 Å². The fourth-order valence-corrected chi connectivity index (χ4v) is 3.59. The Hall–Kier alpha value is -3.00. The molecule has 0 aliphatic rings. The molecule has 0 aliphatic carbocycles. The number of carbonyl (C=O) groups excluding carboxylic acids is 2. The molecular formula is C21H23FN4O2S. The van der Waals surface area contributed by atoms with Crippen molar-refractivity contribution >= 4 is 28.2 Å². The Labute approximate surface area is 172 Å². The molecule has 0 aliphatic heterocycles. The second-order valence-electron chi connectivity index (χ2n) is 7.77. The lowest BCUT2D eigenvalue weighted by Crippen LogP contribution is -2.27. The number of imidazole rings is 1. The zero-order chi connectivity index (χ0) is 21.2. The molecule has 6 nitrogen and oxygen atoms in total. The SMILES string of the molecule is Cc1cc(NC(=O)C(C)(C)C)sc1C(=O)NCc1ccc(-n2ccnc2)c(F)c1. The summed E-state index contributed by atoms with van der Waals surface area (Å²) in [6, 6.07) is 6.58. The normalized spacial score (nSPS) is 11.3. The second kappa shape index (κ2) is 8.16. The molecule has 1 aromatic carbocycles. The number of hydrogen-bond acceptors (Lipinski definition) is 4. The van der Waals surface area contributed by atoms with Crippen molar-refractivity contribution in [2.75, 3.05) is 5.32 Å². The Bertz CT molecular complexity index is 1040. The Morgan fingerprint density at radius 3 is 2.62 bits per heavy atom. The molecule has 2 heterocycles. The molecule has 2 N–H and O–H groups in total. The molecule has 152 valence electrons. The van der Waals surface area contributed by atoms with E-state index in [9.17, 15) is 14.0 Å². The van der Waals surface area contributed by atoms with Crippen LogP contribution in [-0.2, 0) is 11.3 Å². The monoisotopic (exact) mass is 414 g/mol. The van der Waals surface area contributed by atoms with E-state index in [2.05, 4.69) is 15.6 Å². The van der Waals surface area contributed by atoms with Crippen LogP contribution in [0, 0.1) is 18.2 Å². The maximum absolute atomic E-state index is 14.3. The Morgan fingerprint density at radius 2 is 2.00 bits per heavy atom. The van der Waals surface area contributed by atoms with Crippen LogP contribution in [0.5, 0.6) is 0 Å². The van der Waals surface area contributed by atoms with Gasteiger partial charge in [-0.1, -0.05) is 26.8 Å². The van der Waals surface area contributed by atoms with Gasteiger partial charge in [-0.05, 0) is 36.2 Å². The molecule has 0 saturated heterocycles. The van der Waals surface area contributed by atoms with Gasteiger partial charge < -0.3 is 15.2 Å². The van der Waals surface area contributed by atoms with Gasteiger partial charge >= 0.3 is 0 Å². The first-order valence-electron chi connectivity index (χ1n) is 9.12. The first-order chi connectivity index (χ1) is 13.6. The minimum Gasteiger partial charge on any atom is -0.347 e. The molecule has 0 saturated carbocycles.